The number of carbonyl (C=O) groups excluding carboxylic acids is 2. The molecule has 0 spiro atoms. The van der Waals surface area contributed by atoms with E-state index in [1.807, 2.05) is 0 Å². The molecule has 246 valence electrons. The fourth-order valence-electron chi connectivity index (χ4n) is 7.69. The van der Waals surface area contributed by atoms with Gasteiger partial charge in [0.1, 0.15) is 0 Å². The normalized spacial score (nSPS) is 25.5. The minimum Gasteiger partial charge on any atom is -0.369 e. The number of likely N-dealkylation sites (tertiary alicyclic amines) is 1. The molecule has 2 saturated heterocycles. The number of halogens is 8. The zero-order valence-corrected chi connectivity index (χ0v) is 26.1. The van der Waals surface area contributed by atoms with Crippen LogP contribution in [0.4, 0.5) is 26.3 Å². The highest BCUT2D eigenvalue weighted by Crippen LogP contribution is 2.59. The maximum absolute atomic E-state index is 14.5. The van der Waals surface area contributed by atoms with Gasteiger partial charge in [0.25, 0.3) is 5.91 Å². The number of amides is 2. The largest absolute Gasteiger partial charge is 0.416 e. The molecule has 4 unspecified atom stereocenters. The molecule has 2 aliphatic heterocycles. The Hall–Kier alpha value is -3.28. The molecule has 0 aliphatic carbocycles. The molecule has 13 heteroatoms. The summed E-state index contributed by atoms with van der Waals surface area (Å²) in [6, 6.07) is 14.5. The van der Waals surface area contributed by atoms with Crippen molar-refractivity contribution in [1.29, 1.82) is 0 Å². The number of primary amides is 1. The predicted octanol–water partition coefficient (Wildman–Crippen LogP) is 7.84. The lowest BCUT2D eigenvalue weighted by Crippen LogP contribution is -2.70. The van der Waals surface area contributed by atoms with Gasteiger partial charge in [0.2, 0.25) is 5.91 Å². The van der Waals surface area contributed by atoms with Gasteiger partial charge in [-0.25, -0.2) is 0 Å². The number of carbonyl (C=O) groups is 2. The third kappa shape index (κ3) is 5.75. The van der Waals surface area contributed by atoms with Gasteiger partial charge in [0.05, 0.1) is 32.1 Å². The number of alkyl halides is 6. The molecule has 2 heterocycles. The van der Waals surface area contributed by atoms with Crippen molar-refractivity contribution in [1.82, 2.24) is 10.2 Å². The van der Waals surface area contributed by atoms with Crippen molar-refractivity contribution in [3.05, 3.63) is 105 Å². The number of hydrogen-bond donors (Lipinski definition) is 2. The second-order valence-corrected chi connectivity index (χ2v) is 12.7. The van der Waals surface area contributed by atoms with Crippen molar-refractivity contribution in [2.75, 3.05) is 19.6 Å². The summed E-state index contributed by atoms with van der Waals surface area (Å²) in [6.45, 7) is 2.53. The first-order valence-electron chi connectivity index (χ1n) is 14.7. The predicted molar refractivity (Wildman–Crippen MR) is 163 cm³/mol. The van der Waals surface area contributed by atoms with Crippen LogP contribution in [0.25, 0.3) is 0 Å². The summed E-state index contributed by atoms with van der Waals surface area (Å²) in [5.74, 6) is -3.00. The van der Waals surface area contributed by atoms with Crippen LogP contribution in [0.5, 0.6) is 0 Å². The Labute approximate surface area is 272 Å². The van der Waals surface area contributed by atoms with E-state index >= 15 is 0 Å². The molecule has 5 rings (SSSR count). The first-order valence-corrected chi connectivity index (χ1v) is 15.5. The fraction of sp³-hybridized carbons (Fsp3) is 0.394. The number of nitrogens with zero attached hydrogens (tertiary/aromatic N) is 1. The van der Waals surface area contributed by atoms with E-state index in [1.54, 1.807) is 55.5 Å². The Morgan fingerprint density at radius 3 is 2.07 bits per heavy atom. The number of nitrogens with one attached hydrogen (secondary N) is 1. The highest BCUT2D eigenvalue weighted by Gasteiger charge is 2.64. The average Bonchev–Trinajstić information content (AvgIpc) is 3.56. The van der Waals surface area contributed by atoms with Gasteiger partial charge in [-0.1, -0.05) is 66.5 Å². The maximum Gasteiger partial charge on any atom is 0.416 e. The highest BCUT2D eigenvalue weighted by atomic mass is 35.5. The summed E-state index contributed by atoms with van der Waals surface area (Å²) in [5, 5.41) is 3.67. The van der Waals surface area contributed by atoms with E-state index < -0.39 is 57.7 Å². The number of benzene rings is 3. The van der Waals surface area contributed by atoms with Crippen molar-refractivity contribution in [3.63, 3.8) is 0 Å². The molecule has 2 fully saturated rings. The zero-order valence-electron chi connectivity index (χ0n) is 24.6. The molecule has 0 bridgehead atoms. The van der Waals surface area contributed by atoms with Crippen molar-refractivity contribution in [2.45, 2.75) is 55.4 Å². The van der Waals surface area contributed by atoms with Crippen molar-refractivity contribution in [3.8, 4) is 0 Å². The number of nitrogens with two attached hydrogens (primary N) is 1. The molecule has 2 aliphatic rings. The lowest BCUT2D eigenvalue weighted by molar-refractivity contribution is -0.143. The Bertz CT molecular complexity index is 1600. The maximum atomic E-state index is 14.5. The highest BCUT2D eigenvalue weighted by molar-refractivity contribution is 6.42. The Kier molecular flexibility index (Phi) is 9.18. The third-order valence-electron chi connectivity index (χ3n) is 9.64. The van der Waals surface area contributed by atoms with Gasteiger partial charge in [0, 0.05) is 24.6 Å². The summed E-state index contributed by atoms with van der Waals surface area (Å²) in [6.07, 6.45) is -9.66. The third-order valence-corrected chi connectivity index (χ3v) is 10.4. The van der Waals surface area contributed by atoms with Crippen LogP contribution in [0, 0.1) is 5.92 Å². The van der Waals surface area contributed by atoms with Gasteiger partial charge >= 0.3 is 12.4 Å². The molecule has 2 amide bonds. The second-order valence-electron chi connectivity index (χ2n) is 11.8. The summed E-state index contributed by atoms with van der Waals surface area (Å²) in [7, 11) is 0. The first kappa shape index (κ1) is 34.1. The minimum absolute atomic E-state index is 0.00697. The van der Waals surface area contributed by atoms with Crippen LogP contribution in [0.15, 0.2) is 66.7 Å². The quantitative estimate of drug-likeness (QED) is 0.260. The van der Waals surface area contributed by atoms with Crippen LogP contribution < -0.4 is 11.1 Å². The van der Waals surface area contributed by atoms with Crippen molar-refractivity contribution >= 4 is 35.0 Å². The number of rotatable bonds is 6. The summed E-state index contributed by atoms with van der Waals surface area (Å²) >= 11 is 12.8. The van der Waals surface area contributed by atoms with E-state index in [-0.39, 0.29) is 41.4 Å². The van der Waals surface area contributed by atoms with Gasteiger partial charge in [0.15, 0.2) is 0 Å². The summed E-state index contributed by atoms with van der Waals surface area (Å²) in [4.78, 5) is 29.8. The van der Waals surface area contributed by atoms with Crippen molar-refractivity contribution < 1.29 is 35.9 Å². The smallest absolute Gasteiger partial charge is 0.369 e. The fourth-order valence-corrected chi connectivity index (χ4v) is 7.99. The molecule has 3 aromatic rings. The van der Waals surface area contributed by atoms with Gasteiger partial charge < -0.3 is 16.0 Å². The first-order chi connectivity index (χ1) is 21.6. The van der Waals surface area contributed by atoms with E-state index in [1.165, 1.54) is 4.90 Å². The molecule has 0 radical (unpaired) electrons. The minimum atomic E-state index is -5.15. The van der Waals surface area contributed by atoms with Crippen LogP contribution in [0.2, 0.25) is 10.0 Å². The molecular weight excluding hydrogens is 655 g/mol. The van der Waals surface area contributed by atoms with Gasteiger partial charge in [-0.3, -0.25) is 9.59 Å². The lowest BCUT2D eigenvalue weighted by atomic mass is 9.51. The van der Waals surface area contributed by atoms with Crippen LogP contribution in [0.1, 0.15) is 64.7 Å². The number of hydrogen-bond acceptors (Lipinski definition) is 3. The lowest BCUT2D eigenvalue weighted by Gasteiger charge is -2.61. The van der Waals surface area contributed by atoms with E-state index in [0.717, 1.165) is 0 Å². The van der Waals surface area contributed by atoms with Crippen LogP contribution >= 0.6 is 23.2 Å². The topological polar surface area (TPSA) is 75.4 Å². The van der Waals surface area contributed by atoms with Crippen LogP contribution in [0.3, 0.4) is 0 Å². The van der Waals surface area contributed by atoms with Crippen molar-refractivity contribution in [2.24, 2.45) is 11.7 Å². The Balaban J connectivity index is 1.82. The average molecular weight is 687 g/mol. The summed E-state index contributed by atoms with van der Waals surface area (Å²) in [5.41, 5.74) is 0.654. The van der Waals surface area contributed by atoms with Crippen LogP contribution in [-0.2, 0) is 22.6 Å². The molecule has 0 saturated carbocycles. The second kappa shape index (κ2) is 12.4. The van der Waals surface area contributed by atoms with Crippen LogP contribution in [-0.4, -0.2) is 41.9 Å². The van der Waals surface area contributed by atoms with Gasteiger partial charge in [-0.05, 0) is 73.2 Å². The zero-order chi connectivity index (χ0) is 33.7. The Morgan fingerprint density at radius 1 is 0.935 bits per heavy atom. The number of piperidine rings is 1. The molecule has 5 nitrogen and oxygen atoms in total. The van der Waals surface area contributed by atoms with E-state index in [2.05, 4.69) is 5.32 Å². The molecule has 3 aromatic carbocycles. The van der Waals surface area contributed by atoms with Gasteiger partial charge in [-0.15, -0.1) is 0 Å². The van der Waals surface area contributed by atoms with E-state index in [9.17, 15) is 35.9 Å². The Morgan fingerprint density at radius 2 is 1.57 bits per heavy atom. The molecule has 4 atom stereocenters. The molecular formula is C33H31Cl2F6N3O2. The van der Waals surface area contributed by atoms with Gasteiger partial charge in [-0.2, -0.15) is 26.3 Å². The summed E-state index contributed by atoms with van der Waals surface area (Å²) < 4.78 is 83.2. The molecule has 46 heavy (non-hydrogen) atoms. The van der Waals surface area contributed by atoms with E-state index in [0.29, 0.717) is 42.8 Å². The monoisotopic (exact) mass is 685 g/mol. The standard InChI is InChI=1S/C33H31Cl2F6N3O2/c1-2-31(22-10-12-43-18-22)27(19-8-9-25(34)26(35)16-19)30(29(42)46,21-6-4-3-5-7-21)11-13-44(31)28(45)20-14-23(32(36,37)38)17-24(15-20)33(39,40)41/h3-9,14-17,22,27,43H,2,10-13,18H2,1H3,(H2,42,46). The molecule has 3 N–H and O–H groups in total. The molecule has 0 aromatic heterocycles. The SMILES string of the molecule is CCC1(C2CCNC2)C(c2ccc(Cl)c(Cl)c2)C(C(N)=O)(c2ccccc2)CCN1C(=O)c1cc(C(F)(F)F)cc(C(F)(F)F)c1. The van der Waals surface area contributed by atoms with E-state index in [4.69, 9.17) is 28.9 Å².